The van der Waals surface area contributed by atoms with E-state index in [1.54, 1.807) is 6.07 Å². The van der Waals surface area contributed by atoms with Crippen LogP contribution in [-0.4, -0.2) is 47.1 Å². The first-order valence-electron chi connectivity index (χ1n) is 5.39. The molecular weight excluding hydrogens is 248 g/mol. The van der Waals surface area contributed by atoms with Gasteiger partial charge in [-0.3, -0.25) is 4.79 Å². The van der Waals surface area contributed by atoms with Crippen molar-refractivity contribution in [1.29, 1.82) is 5.26 Å². The smallest absolute Gasteiger partial charge is 0.404 e. The van der Waals surface area contributed by atoms with E-state index in [0.29, 0.717) is 0 Å². The fourth-order valence-electron chi connectivity index (χ4n) is 1.77. The predicted molar refractivity (Wildman–Crippen MR) is 55.9 cm³/mol. The van der Waals surface area contributed by atoms with E-state index in [1.165, 1.54) is 0 Å². The Hall–Kier alpha value is -1.91. The first kappa shape index (κ1) is 14.2. The molecule has 1 atom stereocenters. The predicted octanol–water partition coefficient (Wildman–Crippen LogP) is 0.794. The van der Waals surface area contributed by atoms with Crippen molar-refractivity contribution in [2.75, 3.05) is 13.1 Å². The molecule has 1 saturated heterocycles. The van der Waals surface area contributed by atoms with Gasteiger partial charge >= 0.3 is 6.09 Å². The molecule has 0 radical (unpaired) electrons. The minimum Gasteiger partial charge on any atom is -0.465 e. The standard InChI is InChI=1S/C10H13F2N3O3/c11-10(12)4-7(5-13)15(6-10)8(16)2-1-3-14-9(17)18/h7,14H,1-4,6H2,(H,17,18)/t7-/m0/s1. The van der Waals surface area contributed by atoms with Crippen LogP contribution in [0.4, 0.5) is 13.6 Å². The van der Waals surface area contributed by atoms with E-state index in [4.69, 9.17) is 10.4 Å². The third-order valence-corrected chi connectivity index (χ3v) is 2.58. The largest absolute Gasteiger partial charge is 0.465 e. The first-order chi connectivity index (χ1) is 8.35. The second kappa shape index (κ2) is 5.62. The fraction of sp³-hybridized carbons (Fsp3) is 0.700. The van der Waals surface area contributed by atoms with Crippen LogP contribution in [0.1, 0.15) is 19.3 Å². The summed E-state index contributed by atoms with van der Waals surface area (Å²) < 4.78 is 26.1. The summed E-state index contributed by atoms with van der Waals surface area (Å²) in [4.78, 5) is 22.6. The number of carbonyl (C=O) groups is 2. The number of carbonyl (C=O) groups excluding carboxylic acids is 1. The van der Waals surface area contributed by atoms with Crippen molar-refractivity contribution in [2.24, 2.45) is 0 Å². The monoisotopic (exact) mass is 261 g/mol. The van der Waals surface area contributed by atoms with Gasteiger partial charge in [-0.1, -0.05) is 0 Å². The van der Waals surface area contributed by atoms with Crippen LogP contribution in [0.5, 0.6) is 0 Å². The highest BCUT2D eigenvalue weighted by atomic mass is 19.3. The normalized spacial score (nSPS) is 21.4. The van der Waals surface area contributed by atoms with Gasteiger partial charge in [-0.25, -0.2) is 13.6 Å². The Morgan fingerprint density at radius 3 is 2.78 bits per heavy atom. The lowest BCUT2D eigenvalue weighted by atomic mass is 10.2. The molecule has 1 aliphatic rings. The third-order valence-electron chi connectivity index (χ3n) is 2.58. The van der Waals surface area contributed by atoms with E-state index in [2.05, 4.69) is 5.32 Å². The maximum Gasteiger partial charge on any atom is 0.404 e. The van der Waals surface area contributed by atoms with E-state index in [0.717, 1.165) is 4.90 Å². The number of hydrogen-bond donors (Lipinski definition) is 2. The molecule has 2 amide bonds. The van der Waals surface area contributed by atoms with E-state index in [-0.39, 0.29) is 19.4 Å². The summed E-state index contributed by atoms with van der Waals surface area (Å²) in [7, 11) is 0. The zero-order valence-corrected chi connectivity index (χ0v) is 9.53. The lowest BCUT2D eigenvalue weighted by molar-refractivity contribution is -0.132. The van der Waals surface area contributed by atoms with E-state index >= 15 is 0 Å². The molecule has 1 aliphatic heterocycles. The number of nitrogens with one attached hydrogen (secondary N) is 1. The highest BCUT2D eigenvalue weighted by Crippen LogP contribution is 2.32. The Labute approximate surface area is 102 Å². The fourth-order valence-corrected chi connectivity index (χ4v) is 1.77. The molecule has 0 bridgehead atoms. The highest BCUT2D eigenvalue weighted by Gasteiger charge is 2.46. The number of hydrogen-bond acceptors (Lipinski definition) is 3. The summed E-state index contributed by atoms with van der Waals surface area (Å²) in [6, 6.07) is 0.577. The molecule has 1 rings (SSSR count). The molecule has 2 N–H and O–H groups in total. The van der Waals surface area contributed by atoms with Gasteiger partial charge in [0.1, 0.15) is 6.04 Å². The van der Waals surface area contributed by atoms with Crippen LogP contribution in [0, 0.1) is 11.3 Å². The second-order valence-corrected chi connectivity index (χ2v) is 4.06. The van der Waals surface area contributed by atoms with E-state index in [9.17, 15) is 18.4 Å². The molecule has 100 valence electrons. The summed E-state index contributed by atoms with van der Waals surface area (Å²) >= 11 is 0. The van der Waals surface area contributed by atoms with Crippen molar-refractivity contribution in [3.8, 4) is 6.07 Å². The van der Waals surface area contributed by atoms with Crippen molar-refractivity contribution in [2.45, 2.75) is 31.2 Å². The van der Waals surface area contributed by atoms with Crippen LogP contribution < -0.4 is 5.32 Å². The van der Waals surface area contributed by atoms with Crippen LogP contribution in [0.2, 0.25) is 0 Å². The molecule has 0 aromatic heterocycles. The van der Waals surface area contributed by atoms with Gasteiger partial charge in [-0.2, -0.15) is 5.26 Å². The summed E-state index contributed by atoms with van der Waals surface area (Å²) in [6.07, 6.45) is -1.69. The third kappa shape index (κ3) is 3.84. The van der Waals surface area contributed by atoms with Gasteiger partial charge in [-0.15, -0.1) is 0 Å². The molecule has 18 heavy (non-hydrogen) atoms. The van der Waals surface area contributed by atoms with E-state index in [1.807, 2.05) is 0 Å². The van der Waals surface area contributed by atoms with Crippen molar-refractivity contribution >= 4 is 12.0 Å². The van der Waals surface area contributed by atoms with Crippen molar-refractivity contribution < 1.29 is 23.5 Å². The zero-order chi connectivity index (χ0) is 13.8. The number of carboxylic acid groups (broad SMARTS) is 1. The molecule has 0 saturated carbocycles. The summed E-state index contributed by atoms with van der Waals surface area (Å²) in [5.41, 5.74) is 0. The maximum atomic E-state index is 13.1. The number of nitriles is 1. The maximum absolute atomic E-state index is 13.1. The molecule has 0 aromatic rings. The van der Waals surface area contributed by atoms with Crippen molar-refractivity contribution in [1.82, 2.24) is 10.2 Å². The van der Waals surface area contributed by atoms with Gasteiger partial charge in [-0.05, 0) is 6.42 Å². The highest BCUT2D eigenvalue weighted by molar-refractivity contribution is 5.77. The average Bonchev–Trinajstić information content (AvgIpc) is 2.59. The lowest BCUT2D eigenvalue weighted by Gasteiger charge is -2.18. The summed E-state index contributed by atoms with van der Waals surface area (Å²) in [6.45, 7) is -0.668. The Bertz CT molecular complexity index is 381. The number of amides is 2. The van der Waals surface area contributed by atoms with Crippen LogP contribution in [0.25, 0.3) is 0 Å². The van der Waals surface area contributed by atoms with Crippen molar-refractivity contribution in [3.63, 3.8) is 0 Å². The van der Waals surface area contributed by atoms with Crippen molar-refractivity contribution in [3.05, 3.63) is 0 Å². The molecule has 0 unspecified atom stereocenters. The molecule has 6 nitrogen and oxygen atoms in total. The van der Waals surface area contributed by atoms with Crippen LogP contribution >= 0.6 is 0 Å². The quantitative estimate of drug-likeness (QED) is 0.732. The molecule has 0 spiro atoms. The molecule has 8 heteroatoms. The molecular formula is C10H13F2N3O3. The average molecular weight is 261 g/mol. The Morgan fingerprint density at radius 2 is 2.22 bits per heavy atom. The summed E-state index contributed by atoms with van der Waals surface area (Å²) in [5.74, 6) is -3.57. The van der Waals surface area contributed by atoms with Gasteiger partial charge in [0.2, 0.25) is 5.91 Å². The Balaban J connectivity index is 2.42. The minimum atomic E-state index is -3.02. The van der Waals surface area contributed by atoms with Gasteiger partial charge in [0.25, 0.3) is 5.92 Å². The Morgan fingerprint density at radius 1 is 1.56 bits per heavy atom. The number of alkyl halides is 2. The number of likely N-dealkylation sites (tertiary alicyclic amines) is 1. The molecule has 0 aromatic carbocycles. The first-order valence-corrected chi connectivity index (χ1v) is 5.39. The van der Waals surface area contributed by atoms with Crippen LogP contribution in [-0.2, 0) is 4.79 Å². The summed E-state index contributed by atoms with van der Waals surface area (Å²) in [5, 5.41) is 19.1. The number of nitrogens with zero attached hydrogens (tertiary/aromatic N) is 2. The minimum absolute atomic E-state index is 0.0610. The van der Waals surface area contributed by atoms with Gasteiger partial charge in [0.05, 0.1) is 12.6 Å². The lowest BCUT2D eigenvalue weighted by Crippen LogP contribution is -2.36. The second-order valence-electron chi connectivity index (χ2n) is 4.06. The van der Waals surface area contributed by atoms with Crippen LogP contribution in [0.3, 0.4) is 0 Å². The van der Waals surface area contributed by atoms with E-state index < -0.39 is 36.9 Å². The number of rotatable bonds is 4. The Kier molecular flexibility index (Phi) is 4.42. The number of halogens is 2. The topological polar surface area (TPSA) is 93.4 Å². The zero-order valence-electron chi connectivity index (χ0n) is 9.53. The molecule has 1 heterocycles. The SMILES string of the molecule is N#C[C@@H]1CC(F)(F)CN1C(=O)CCCNC(=O)O. The van der Waals surface area contributed by atoms with Crippen LogP contribution in [0.15, 0.2) is 0 Å². The van der Waals surface area contributed by atoms with Gasteiger partial charge in [0.15, 0.2) is 0 Å². The van der Waals surface area contributed by atoms with Gasteiger partial charge in [0, 0.05) is 19.4 Å². The molecule has 0 aliphatic carbocycles. The van der Waals surface area contributed by atoms with Gasteiger partial charge < -0.3 is 15.3 Å². The molecule has 1 fully saturated rings.